The third kappa shape index (κ3) is 1.85. The van der Waals surface area contributed by atoms with Gasteiger partial charge in [-0.3, -0.25) is 5.41 Å². The summed E-state index contributed by atoms with van der Waals surface area (Å²) in [4.78, 5) is 11.1. The van der Waals surface area contributed by atoms with Crippen molar-refractivity contribution in [2.75, 3.05) is 7.11 Å². The van der Waals surface area contributed by atoms with Crippen LogP contribution in [0.4, 0.5) is 0 Å². The van der Waals surface area contributed by atoms with Crippen molar-refractivity contribution in [3.63, 3.8) is 0 Å². The molecule has 1 aliphatic rings. The Morgan fingerprint density at radius 1 is 1.64 bits per heavy atom. The molecule has 0 radical (unpaired) electrons. The van der Waals surface area contributed by atoms with Crippen molar-refractivity contribution in [3.8, 4) is 0 Å². The van der Waals surface area contributed by atoms with E-state index in [1.165, 1.54) is 25.5 Å². The molecule has 1 rings (SSSR count). The molecule has 0 fully saturated rings. The number of methoxy groups -OCH3 is 1. The first kappa shape index (κ1) is 10.5. The minimum atomic E-state index is -0.505. The van der Waals surface area contributed by atoms with Crippen LogP contribution in [0, 0.1) is 5.41 Å². The van der Waals surface area contributed by atoms with Crippen LogP contribution < -0.4 is 5.73 Å². The maximum absolute atomic E-state index is 11.1. The molecule has 1 aliphatic carbocycles. The molecule has 3 N–H and O–H groups in total. The van der Waals surface area contributed by atoms with Crippen LogP contribution in [-0.4, -0.2) is 18.8 Å². The van der Waals surface area contributed by atoms with Gasteiger partial charge in [0.05, 0.1) is 23.4 Å². The van der Waals surface area contributed by atoms with E-state index in [1.54, 1.807) is 0 Å². The van der Waals surface area contributed by atoms with Crippen LogP contribution in [0.2, 0.25) is 0 Å². The summed E-state index contributed by atoms with van der Waals surface area (Å²) in [5.74, 6) is -0.505. The van der Waals surface area contributed by atoms with Gasteiger partial charge in [0.1, 0.15) is 0 Å². The second-order valence-electron chi connectivity index (χ2n) is 2.58. The fourth-order valence-corrected chi connectivity index (χ4v) is 1.22. The molecule has 74 valence electrons. The fourth-order valence-electron chi connectivity index (χ4n) is 0.995. The number of nitrogens with two attached hydrogens (primary N) is 1. The predicted octanol–water partition coefficient (Wildman–Crippen LogP) is 1.08. The summed E-state index contributed by atoms with van der Waals surface area (Å²) in [5.41, 5.74) is 6.06. The molecule has 0 saturated carbocycles. The van der Waals surface area contributed by atoms with Gasteiger partial charge < -0.3 is 10.5 Å². The van der Waals surface area contributed by atoms with Crippen molar-refractivity contribution >= 4 is 23.3 Å². The van der Waals surface area contributed by atoms with Crippen LogP contribution >= 0.6 is 11.6 Å². The van der Waals surface area contributed by atoms with Gasteiger partial charge in [-0.05, 0) is 12.2 Å². The summed E-state index contributed by atoms with van der Waals surface area (Å²) < 4.78 is 4.52. The molecule has 14 heavy (non-hydrogen) atoms. The van der Waals surface area contributed by atoms with Crippen LogP contribution in [0.1, 0.15) is 0 Å². The highest BCUT2D eigenvalue weighted by Gasteiger charge is 2.18. The Kier molecular flexibility index (Phi) is 3.09. The molecule has 0 amide bonds. The Morgan fingerprint density at radius 3 is 2.79 bits per heavy atom. The number of allylic oxidation sites excluding steroid dienone is 3. The Balaban J connectivity index is 3.12. The Bertz CT molecular complexity index is 380. The number of hydrogen-bond acceptors (Lipinski definition) is 4. The van der Waals surface area contributed by atoms with Crippen molar-refractivity contribution in [1.82, 2.24) is 0 Å². The van der Waals surface area contributed by atoms with Crippen molar-refractivity contribution in [1.29, 1.82) is 5.41 Å². The van der Waals surface area contributed by atoms with Gasteiger partial charge in [-0.2, -0.15) is 0 Å². The number of carbonyl (C=O) groups excluding carboxylic acids is 1. The zero-order chi connectivity index (χ0) is 10.7. The normalized spacial score (nSPS) is 19.0. The van der Waals surface area contributed by atoms with E-state index in [4.69, 9.17) is 22.7 Å². The molecule has 4 nitrogen and oxygen atoms in total. The first-order chi connectivity index (χ1) is 6.60. The first-order valence-electron chi connectivity index (χ1n) is 3.78. The lowest BCUT2D eigenvalue weighted by Gasteiger charge is -2.11. The van der Waals surface area contributed by atoms with Gasteiger partial charge in [0.15, 0.2) is 0 Å². The van der Waals surface area contributed by atoms with E-state index in [2.05, 4.69) is 4.74 Å². The Labute approximate surface area is 86.2 Å². The molecule has 0 aromatic rings. The minimum Gasteiger partial charge on any atom is -0.465 e. The van der Waals surface area contributed by atoms with E-state index in [0.29, 0.717) is 5.57 Å². The summed E-state index contributed by atoms with van der Waals surface area (Å²) in [6, 6.07) is 0. The molecule has 0 aromatic heterocycles. The van der Waals surface area contributed by atoms with E-state index < -0.39 is 5.97 Å². The molecule has 0 aliphatic heterocycles. The standard InChI is InChI=1S/C9H9ClN2O2/c1-14-9(13)5-2-6(4-11)8(12)7(10)3-5/h2-4,12H,11H2,1H3/b6-4-,12-8?. The first-order valence-corrected chi connectivity index (χ1v) is 4.16. The smallest absolute Gasteiger partial charge is 0.337 e. The van der Waals surface area contributed by atoms with Gasteiger partial charge in [-0.25, -0.2) is 4.79 Å². The van der Waals surface area contributed by atoms with Crippen LogP contribution in [0.5, 0.6) is 0 Å². The zero-order valence-corrected chi connectivity index (χ0v) is 8.26. The number of halogens is 1. The van der Waals surface area contributed by atoms with Gasteiger partial charge in [0.2, 0.25) is 0 Å². The van der Waals surface area contributed by atoms with E-state index in [0.717, 1.165) is 0 Å². The molecule has 0 saturated heterocycles. The second-order valence-corrected chi connectivity index (χ2v) is 2.99. The van der Waals surface area contributed by atoms with Crippen molar-refractivity contribution in [2.45, 2.75) is 0 Å². The lowest BCUT2D eigenvalue weighted by molar-refractivity contribution is -0.135. The predicted molar refractivity (Wildman–Crippen MR) is 54.0 cm³/mol. The molecular weight excluding hydrogens is 204 g/mol. The molecule has 0 spiro atoms. The highest BCUT2D eigenvalue weighted by Crippen LogP contribution is 2.21. The molecular formula is C9H9ClN2O2. The number of nitrogens with one attached hydrogen (secondary N) is 1. The topological polar surface area (TPSA) is 76.2 Å². The average Bonchev–Trinajstić information content (AvgIpc) is 2.20. The van der Waals surface area contributed by atoms with E-state index in [-0.39, 0.29) is 16.3 Å². The largest absolute Gasteiger partial charge is 0.465 e. The maximum Gasteiger partial charge on any atom is 0.337 e. The Hall–Kier alpha value is -1.55. The monoisotopic (exact) mass is 212 g/mol. The quantitative estimate of drug-likeness (QED) is 0.639. The fraction of sp³-hybridized carbons (Fsp3) is 0.111. The van der Waals surface area contributed by atoms with Crippen molar-refractivity contribution in [2.24, 2.45) is 5.73 Å². The van der Waals surface area contributed by atoms with Crippen molar-refractivity contribution in [3.05, 3.63) is 34.5 Å². The van der Waals surface area contributed by atoms with Gasteiger partial charge in [-0.15, -0.1) is 0 Å². The summed E-state index contributed by atoms with van der Waals surface area (Å²) >= 11 is 5.73. The van der Waals surface area contributed by atoms with E-state index in [1.807, 2.05) is 0 Å². The number of esters is 1. The number of hydrogen-bond donors (Lipinski definition) is 2. The third-order valence-electron chi connectivity index (χ3n) is 1.72. The summed E-state index contributed by atoms with van der Waals surface area (Å²) in [5, 5.41) is 7.67. The second kappa shape index (κ2) is 4.11. The lowest BCUT2D eigenvalue weighted by Crippen LogP contribution is -2.12. The van der Waals surface area contributed by atoms with Gasteiger partial charge in [0, 0.05) is 11.8 Å². The van der Waals surface area contributed by atoms with Crippen LogP contribution in [0.15, 0.2) is 34.5 Å². The van der Waals surface area contributed by atoms with E-state index >= 15 is 0 Å². The average molecular weight is 213 g/mol. The van der Waals surface area contributed by atoms with Crippen molar-refractivity contribution < 1.29 is 9.53 Å². The SMILES string of the molecule is COC(=O)C1=C/C(=C/N)C(=N)C(Cl)=C1. The summed E-state index contributed by atoms with van der Waals surface area (Å²) in [6.07, 6.45) is 4.06. The van der Waals surface area contributed by atoms with E-state index in [9.17, 15) is 4.79 Å². The number of ether oxygens (including phenoxy) is 1. The summed E-state index contributed by atoms with van der Waals surface area (Å²) in [7, 11) is 1.27. The zero-order valence-electron chi connectivity index (χ0n) is 7.50. The van der Waals surface area contributed by atoms with Gasteiger partial charge in [0.25, 0.3) is 0 Å². The Morgan fingerprint density at radius 2 is 2.29 bits per heavy atom. The molecule has 0 heterocycles. The number of rotatable bonds is 1. The van der Waals surface area contributed by atoms with Crippen LogP contribution in [-0.2, 0) is 9.53 Å². The summed E-state index contributed by atoms with van der Waals surface area (Å²) in [6.45, 7) is 0. The number of carbonyl (C=O) groups is 1. The maximum atomic E-state index is 11.1. The highest BCUT2D eigenvalue weighted by atomic mass is 35.5. The molecule has 0 atom stereocenters. The molecule has 5 heteroatoms. The lowest BCUT2D eigenvalue weighted by atomic mass is 10.0. The molecule has 0 aromatic carbocycles. The highest BCUT2D eigenvalue weighted by molar-refractivity contribution is 6.47. The van der Waals surface area contributed by atoms with Crippen LogP contribution in [0.25, 0.3) is 0 Å². The van der Waals surface area contributed by atoms with Gasteiger partial charge >= 0.3 is 5.97 Å². The van der Waals surface area contributed by atoms with Crippen LogP contribution in [0.3, 0.4) is 0 Å². The third-order valence-corrected chi connectivity index (χ3v) is 2.02. The molecule has 0 bridgehead atoms. The van der Waals surface area contributed by atoms with Gasteiger partial charge in [-0.1, -0.05) is 11.6 Å². The minimum absolute atomic E-state index is 0.0989. The molecule has 0 unspecified atom stereocenters.